The van der Waals surface area contributed by atoms with E-state index in [1.807, 2.05) is 0 Å². The van der Waals surface area contributed by atoms with Crippen molar-refractivity contribution in [2.24, 2.45) is 5.10 Å². The van der Waals surface area contributed by atoms with Crippen LogP contribution in [0, 0.1) is 20.2 Å². The Hall–Kier alpha value is -2.71. The van der Waals surface area contributed by atoms with Gasteiger partial charge in [0.2, 0.25) is 0 Å². The van der Waals surface area contributed by atoms with Gasteiger partial charge in [0.05, 0.1) is 26.6 Å². The number of halogens is 2. The third-order valence-electron chi connectivity index (χ3n) is 3.05. The van der Waals surface area contributed by atoms with Crippen LogP contribution >= 0.6 is 23.2 Å². The summed E-state index contributed by atoms with van der Waals surface area (Å²) in [6.07, 6.45) is 0. The molecule has 0 radical (unpaired) electrons. The lowest BCUT2D eigenvalue weighted by Crippen LogP contribution is -2.03. The predicted molar refractivity (Wildman–Crippen MR) is 92.0 cm³/mol. The lowest BCUT2D eigenvalue weighted by molar-refractivity contribution is -0.393. The van der Waals surface area contributed by atoms with Crippen molar-refractivity contribution in [2.45, 2.75) is 6.92 Å². The topological polar surface area (TPSA) is 111 Å². The number of hydrogen-bond acceptors (Lipinski definition) is 6. The minimum absolute atomic E-state index is 0.0232. The van der Waals surface area contributed by atoms with Crippen molar-refractivity contribution in [1.29, 1.82) is 0 Å². The van der Waals surface area contributed by atoms with Crippen LogP contribution in [0.1, 0.15) is 12.5 Å². The number of nitro groups is 2. The molecule has 0 saturated carbocycles. The predicted octanol–water partition coefficient (Wildman–Crippen LogP) is 4.65. The van der Waals surface area contributed by atoms with Crippen LogP contribution in [-0.2, 0) is 0 Å². The molecule has 10 heteroatoms. The molecular formula is C14H10Cl2N4O4. The average molecular weight is 369 g/mol. The SMILES string of the molecule is C/C(=N\Nc1ccc([N+](=O)[O-])cc1[N+](=O)[O-])c1ccc(Cl)cc1Cl. The van der Waals surface area contributed by atoms with Gasteiger partial charge >= 0.3 is 5.69 Å². The first-order valence-corrected chi connectivity index (χ1v) is 7.23. The Morgan fingerprint density at radius 2 is 1.79 bits per heavy atom. The average Bonchev–Trinajstić information content (AvgIpc) is 2.52. The molecule has 0 atom stereocenters. The van der Waals surface area contributed by atoms with E-state index in [1.165, 1.54) is 6.07 Å². The van der Waals surface area contributed by atoms with Gasteiger partial charge in [-0.05, 0) is 25.1 Å². The number of nitrogens with one attached hydrogen (secondary N) is 1. The number of hydrazone groups is 1. The minimum atomic E-state index is -0.727. The quantitative estimate of drug-likeness (QED) is 0.469. The molecule has 1 N–H and O–H groups in total. The molecule has 0 unspecified atom stereocenters. The van der Waals surface area contributed by atoms with Gasteiger partial charge in [0.1, 0.15) is 5.69 Å². The van der Waals surface area contributed by atoms with Gasteiger partial charge < -0.3 is 0 Å². The second-order valence-electron chi connectivity index (χ2n) is 4.65. The molecule has 0 saturated heterocycles. The van der Waals surface area contributed by atoms with Gasteiger partial charge in [0, 0.05) is 16.7 Å². The van der Waals surface area contributed by atoms with E-state index in [-0.39, 0.29) is 11.4 Å². The highest BCUT2D eigenvalue weighted by molar-refractivity contribution is 6.37. The summed E-state index contributed by atoms with van der Waals surface area (Å²) in [5, 5.41) is 26.7. The maximum absolute atomic E-state index is 11.1. The lowest BCUT2D eigenvalue weighted by atomic mass is 10.1. The summed E-state index contributed by atoms with van der Waals surface area (Å²) >= 11 is 11.9. The Kier molecular flexibility index (Phi) is 5.32. The molecule has 0 amide bonds. The Labute approximate surface area is 146 Å². The smallest absolute Gasteiger partial charge is 0.271 e. The van der Waals surface area contributed by atoms with E-state index in [4.69, 9.17) is 23.2 Å². The molecule has 0 fully saturated rings. The number of benzene rings is 2. The van der Waals surface area contributed by atoms with E-state index in [0.717, 1.165) is 12.1 Å². The van der Waals surface area contributed by atoms with E-state index in [0.29, 0.717) is 21.3 Å². The van der Waals surface area contributed by atoms with Crippen molar-refractivity contribution in [3.63, 3.8) is 0 Å². The molecule has 124 valence electrons. The van der Waals surface area contributed by atoms with E-state index >= 15 is 0 Å². The highest BCUT2D eigenvalue weighted by Crippen LogP contribution is 2.29. The van der Waals surface area contributed by atoms with Crippen LogP contribution in [0.25, 0.3) is 0 Å². The van der Waals surface area contributed by atoms with Crippen LogP contribution in [0.15, 0.2) is 41.5 Å². The first-order chi connectivity index (χ1) is 11.3. The van der Waals surface area contributed by atoms with Gasteiger partial charge in [-0.3, -0.25) is 25.7 Å². The molecule has 0 aromatic heterocycles. The Morgan fingerprint density at radius 3 is 2.38 bits per heavy atom. The van der Waals surface area contributed by atoms with Crippen LogP contribution in [-0.4, -0.2) is 15.6 Å². The summed E-state index contributed by atoms with van der Waals surface area (Å²) in [4.78, 5) is 20.3. The zero-order valence-electron chi connectivity index (χ0n) is 12.2. The number of non-ortho nitro benzene ring substituents is 1. The zero-order valence-corrected chi connectivity index (χ0v) is 13.7. The molecule has 0 spiro atoms. The van der Waals surface area contributed by atoms with Crippen LogP contribution in [0.4, 0.5) is 17.1 Å². The highest BCUT2D eigenvalue weighted by atomic mass is 35.5. The molecule has 24 heavy (non-hydrogen) atoms. The molecule has 2 aromatic rings. The van der Waals surface area contributed by atoms with Crippen molar-refractivity contribution in [1.82, 2.24) is 0 Å². The van der Waals surface area contributed by atoms with E-state index < -0.39 is 15.5 Å². The third-order valence-corrected chi connectivity index (χ3v) is 3.60. The van der Waals surface area contributed by atoms with Crippen molar-refractivity contribution >= 4 is 46.0 Å². The van der Waals surface area contributed by atoms with Crippen LogP contribution in [0.5, 0.6) is 0 Å². The lowest BCUT2D eigenvalue weighted by Gasteiger charge is -2.06. The maximum atomic E-state index is 11.1. The number of nitro benzene ring substituents is 2. The van der Waals surface area contributed by atoms with Gasteiger partial charge in [-0.2, -0.15) is 5.10 Å². The third kappa shape index (κ3) is 3.98. The van der Waals surface area contributed by atoms with Gasteiger partial charge in [0.15, 0.2) is 0 Å². The summed E-state index contributed by atoms with van der Waals surface area (Å²) in [6.45, 7) is 1.65. The summed E-state index contributed by atoms with van der Waals surface area (Å²) < 4.78 is 0. The number of nitrogens with zero attached hydrogens (tertiary/aromatic N) is 3. The van der Waals surface area contributed by atoms with Gasteiger partial charge in [-0.15, -0.1) is 0 Å². The molecule has 0 aliphatic carbocycles. The molecular weight excluding hydrogens is 359 g/mol. The number of rotatable bonds is 5. The van der Waals surface area contributed by atoms with E-state index in [1.54, 1.807) is 25.1 Å². The first kappa shape index (κ1) is 17.6. The second-order valence-corrected chi connectivity index (χ2v) is 5.49. The number of anilines is 1. The highest BCUT2D eigenvalue weighted by Gasteiger charge is 2.19. The summed E-state index contributed by atoms with van der Waals surface area (Å²) in [5.74, 6) is 0. The molecule has 8 nitrogen and oxygen atoms in total. The van der Waals surface area contributed by atoms with Crippen LogP contribution in [0.3, 0.4) is 0 Å². The van der Waals surface area contributed by atoms with Crippen LogP contribution in [0.2, 0.25) is 10.0 Å². The van der Waals surface area contributed by atoms with Gasteiger partial charge in [0.25, 0.3) is 5.69 Å². The number of hydrogen-bond donors (Lipinski definition) is 1. The van der Waals surface area contributed by atoms with Crippen molar-refractivity contribution in [3.8, 4) is 0 Å². The van der Waals surface area contributed by atoms with Crippen molar-refractivity contribution in [3.05, 3.63) is 72.2 Å². The van der Waals surface area contributed by atoms with Gasteiger partial charge in [-0.25, -0.2) is 0 Å². The Morgan fingerprint density at radius 1 is 1.08 bits per heavy atom. The first-order valence-electron chi connectivity index (χ1n) is 6.48. The monoisotopic (exact) mass is 368 g/mol. The molecule has 2 aromatic carbocycles. The zero-order chi connectivity index (χ0) is 17.9. The molecule has 2 rings (SSSR count). The summed E-state index contributed by atoms with van der Waals surface area (Å²) in [6, 6.07) is 8.08. The standard InChI is InChI=1S/C14H10Cl2N4O4/c1-8(11-4-2-9(15)6-12(11)16)17-18-13-5-3-10(19(21)22)7-14(13)20(23)24/h2-7,18H,1H3/b17-8+. The maximum Gasteiger partial charge on any atom is 0.301 e. The van der Waals surface area contributed by atoms with E-state index in [2.05, 4.69) is 10.5 Å². The molecule has 0 heterocycles. The largest absolute Gasteiger partial charge is 0.301 e. The minimum Gasteiger partial charge on any atom is -0.271 e. The Bertz CT molecular complexity index is 855. The summed E-state index contributed by atoms with van der Waals surface area (Å²) in [7, 11) is 0. The van der Waals surface area contributed by atoms with Crippen LogP contribution < -0.4 is 5.43 Å². The fourth-order valence-corrected chi connectivity index (χ4v) is 2.41. The van der Waals surface area contributed by atoms with Crippen molar-refractivity contribution < 1.29 is 9.85 Å². The summed E-state index contributed by atoms with van der Waals surface area (Å²) in [5.41, 5.74) is 2.78. The molecule has 0 aliphatic rings. The fourth-order valence-electron chi connectivity index (χ4n) is 1.87. The molecule has 0 bridgehead atoms. The Balaban J connectivity index is 2.33. The second kappa shape index (κ2) is 7.24. The van der Waals surface area contributed by atoms with Gasteiger partial charge in [-0.1, -0.05) is 29.3 Å². The molecule has 0 aliphatic heterocycles. The van der Waals surface area contributed by atoms with E-state index in [9.17, 15) is 20.2 Å². The normalized spacial score (nSPS) is 11.2. The fraction of sp³-hybridized carbons (Fsp3) is 0.0714. The van der Waals surface area contributed by atoms with Crippen molar-refractivity contribution in [2.75, 3.05) is 5.43 Å².